The maximum absolute atomic E-state index is 12.5. The summed E-state index contributed by atoms with van der Waals surface area (Å²) < 4.78 is 23.6. The molecule has 2 aromatic rings. The van der Waals surface area contributed by atoms with E-state index in [2.05, 4.69) is 10.6 Å². The van der Waals surface area contributed by atoms with Gasteiger partial charge in [-0.15, -0.1) is 0 Å². The number of anilines is 1. The third-order valence-corrected chi connectivity index (χ3v) is 10.3. The van der Waals surface area contributed by atoms with Crippen molar-refractivity contribution >= 4 is 43.6 Å². The fraction of sp³-hybridized carbons (Fsp3) is 0.367. The van der Waals surface area contributed by atoms with Crippen LogP contribution in [0.15, 0.2) is 60.4 Å². The number of ether oxygens (including phenoxy) is 1. The Morgan fingerprint density at radius 1 is 1.05 bits per heavy atom. The van der Waals surface area contributed by atoms with Crippen molar-refractivity contribution in [2.24, 2.45) is 5.92 Å². The van der Waals surface area contributed by atoms with Crippen LogP contribution in [-0.2, 0) is 18.1 Å². The summed E-state index contributed by atoms with van der Waals surface area (Å²) in [5.74, 6) is -1.39. The number of carboxylic acids is 1. The number of carbonyl (C=O) groups excluding carboxylic acids is 1. The van der Waals surface area contributed by atoms with E-state index >= 15 is 0 Å². The Hall–Kier alpha value is -3.55. The minimum Gasteiger partial charge on any atom is -0.508 e. The van der Waals surface area contributed by atoms with E-state index in [0.717, 1.165) is 0 Å². The SMILES string of the molecule is CCO[Si](CCCNC(=S)Nc1ccc(C2c3ccc(O)cc3OC3=CC(=O)C=CC32)c(C(=O)O)c1)(OCC)OCC. The van der Waals surface area contributed by atoms with Crippen molar-refractivity contribution in [1.82, 2.24) is 5.32 Å². The second kappa shape index (κ2) is 14.1. The summed E-state index contributed by atoms with van der Waals surface area (Å²) in [6.07, 6.45) is 5.29. The lowest BCUT2D eigenvalue weighted by Crippen LogP contribution is -2.46. The van der Waals surface area contributed by atoms with Crippen LogP contribution in [0.3, 0.4) is 0 Å². The number of aromatic carboxylic acids is 1. The van der Waals surface area contributed by atoms with Gasteiger partial charge in [-0.25, -0.2) is 4.79 Å². The van der Waals surface area contributed by atoms with Gasteiger partial charge in [0.15, 0.2) is 10.9 Å². The van der Waals surface area contributed by atoms with Gasteiger partial charge >= 0.3 is 14.8 Å². The smallest absolute Gasteiger partial charge is 0.500 e. The highest BCUT2D eigenvalue weighted by Crippen LogP contribution is 2.49. The molecule has 12 heteroatoms. The second-order valence-electron chi connectivity index (χ2n) is 9.71. The number of thiocarbonyl (C=S) groups is 1. The van der Waals surface area contributed by atoms with Crippen LogP contribution < -0.4 is 15.4 Å². The lowest BCUT2D eigenvalue weighted by molar-refractivity contribution is -0.110. The number of fused-ring (bicyclic) bond motifs is 2. The van der Waals surface area contributed by atoms with Crippen molar-refractivity contribution in [1.29, 1.82) is 0 Å². The van der Waals surface area contributed by atoms with E-state index in [0.29, 0.717) is 72.3 Å². The summed E-state index contributed by atoms with van der Waals surface area (Å²) in [6, 6.07) is 10.4. The highest BCUT2D eigenvalue weighted by atomic mass is 32.1. The summed E-state index contributed by atoms with van der Waals surface area (Å²) in [6.45, 7) is 7.83. The van der Waals surface area contributed by atoms with Crippen LogP contribution in [-0.4, -0.2) is 62.2 Å². The molecule has 224 valence electrons. The average molecular weight is 613 g/mol. The Morgan fingerprint density at radius 2 is 1.74 bits per heavy atom. The molecule has 2 atom stereocenters. The lowest BCUT2D eigenvalue weighted by atomic mass is 9.74. The topological polar surface area (TPSA) is 136 Å². The van der Waals surface area contributed by atoms with Gasteiger partial charge < -0.3 is 38.9 Å². The zero-order valence-electron chi connectivity index (χ0n) is 23.8. The maximum atomic E-state index is 12.5. The van der Waals surface area contributed by atoms with Crippen LogP contribution in [0.1, 0.15) is 54.6 Å². The lowest BCUT2D eigenvalue weighted by Gasteiger charge is -2.35. The molecule has 0 fully saturated rings. The van der Waals surface area contributed by atoms with Crippen LogP contribution in [0, 0.1) is 5.92 Å². The number of ketones is 1. The number of allylic oxidation sites excluding steroid dienone is 3. The molecule has 1 heterocycles. The van der Waals surface area contributed by atoms with E-state index in [-0.39, 0.29) is 23.0 Å². The number of rotatable bonds is 13. The summed E-state index contributed by atoms with van der Waals surface area (Å²) in [4.78, 5) is 24.5. The first-order valence-corrected chi connectivity index (χ1v) is 16.3. The number of hydrogen-bond donors (Lipinski definition) is 4. The minimum atomic E-state index is -2.75. The molecule has 0 saturated carbocycles. The Kier molecular flexibility index (Phi) is 10.5. The standard InChI is InChI=1S/C30H36N2O8SSi/c1-4-37-42(38-5-2,39-6-3)15-7-14-31-30(41)32-19-8-11-22(25(16-19)29(35)36)28-23-12-9-20(33)17-26(23)40-27-18-21(34)10-13-24(27)28/h8-13,16-18,23,28,34H,4-7,14-15H2,1-3H3,(H,35,36)(H2,31,32,41). The van der Waals surface area contributed by atoms with Crippen LogP contribution in [0.5, 0.6) is 11.5 Å². The van der Waals surface area contributed by atoms with E-state index in [1.807, 2.05) is 20.8 Å². The molecule has 0 amide bonds. The first-order valence-electron chi connectivity index (χ1n) is 14.0. The first-order chi connectivity index (χ1) is 20.2. The number of aromatic hydroxyl groups is 1. The molecule has 4 N–H and O–H groups in total. The van der Waals surface area contributed by atoms with Gasteiger partial charge in [0.25, 0.3) is 0 Å². The molecule has 0 spiro atoms. The molecule has 0 saturated heterocycles. The molecular formula is C30H36N2O8SSi. The Morgan fingerprint density at radius 3 is 2.40 bits per heavy atom. The highest BCUT2D eigenvalue weighted by Gasteiger charge is 2.40. The van der Waals surface area contributed by atoms with Gasteiger partial charge in [-0.2, -0.15) is 0 Å². The number of hydrogen-bond acceptors (Lipinski definition) is 8. The quantitative estimate of drug-likeness (QED) is 0.139. The molecule has 4 rings (SSSR count). The van der Waals surface area contributed by atoms with Gasteiger partial charge in [0.2, 0.25) is 0 Å². The zero-order chi connectivity index (χ0) is 30.3. The summed E-state index contributed by atoms with van der Waals surface area (Å²) in [5.41, 5.74) is 1.85. The molecule has 0 aromatic heterocycles. The Labute approximate surface area is 251 Å². The van der Waals surface area contributed by atoms with E-state index < -0.39 is 20.7 Å². The minimum absolute atomic E-state index is 0.00458. The number of carboxylic acid groups (broad SMARTS) is 1. The Bertz CT molecular complexity index is 1380. The molecule has 2 unspecified atom stereocenters. The zero-order valence-corrected chi connectivity index (χ0v) is 25.7. The van der Waals surface area contributed by atoms with Crippen molar-refractivity contribution < 1.29 is 37.8 Å². The predicted octanol–water partition coefficient (Wildman–Crippen LogP) is 4.98. The number of phenolic OH excluding ortho intramolecular Hbond substituents is 1. The third-order valence-electron chi connectivity index (χ3n) is 6.91. The number of benzene rings is 2. The molecule has 2 aromatic carbocycles. The van der Waals surface area contributed by atoms with Crippen LogP contribution in [0.2, 0.25) is 6.04 Å². The van der Waals surface area contributed by atoms with E-state index in [4.69, 9.17) is 30.2 Å². The predicted molar refractivity (Wildman–Crippen MR) is 164 cm³/mol. The first kappa shape index (κ1) is 31.4. The third kappa shape index (κ3) is 7.26. The number of carbonyl (C=O) groups is 2. The van der Waals surface area contributed by atoms with Gasteiger partial charge in [0.05, 0.1) is 5.56 Å². The largest absolute Gasteiger partial charge is 0.508 e. The van der Waals surface area contributed by atoms with Gasteiger partial charge in [-0.1, -0.05) is 18.2 Å². The summed E-state index contributed by atoms with van der Waals surface area (Å²) in [7, 11) is -2.75. The van der Waals surface area contributed by atoms with Gasteiger partial charge in [0.1, 0.15) is 17.3 Å². The van der Waals surface area contributed by atoms with E-state index in [1.54, 1.807) is 30.3 Å². The van der Waals surface area contributed by atoms with Crippen molar-refractivity contribution in [3.63, 3.8) is 0 Å². The Balaban J connectivity index is 1.50. The van der Waals surface area contributed by atoms with E-state index in [1.165, 1.54) is 24.3 Å². The molecule has 42 heavy (non-hydrogen) atoms. The molecular weight excluding hydrogens is 576 g/mol. The molecule has 10 nitrogen and oxygen atoms in total. The van der Waals surface area contributed by atoms with Gasteiger partial charge in [-0.05, 0) is 69.2 Å². The van der Waals surface area contributed by atoms with E-state index in [9.17, 15) is 19.8 Å². The molecule has 2 aliphatic rings. The maximum Gasteiger partial charge on any atom is 0.500 e. The van der Waals surface area contributed by atoms with Crippen molar-refractivity contribution in [3.05, 3.63) is 77.1 Å². The normalized spacial score (nSPS) is 17.5. The average Bonchev–Trinajstić information content (AvgIpc) is 2.94. The number of nitrogens with one attached hydrogen (secondary N) is 2. The van der Waals surface area contributed by atoms with Crippen molar-refractivity contribution in [2.45, 2.75) is 39.2 Å². The van der Waals surface area contributed by atoms with Crippen LogP contribution >= 0.6 is 12.2 Å². The molecule has 0 bridgehead atoms. The monoisotopic (exact) mass is 612 g/mol. The number of phenols is 1. The fourth-order valence-corrected chi connectivity index (χ4v) is 8.11. The highest BCUT2D eigenvalue weighted by molar-refractivity contribution is 7.80. The fourth-order valence-electron chi connectivity index (χ4n) is 5.27. The second-order valence-corrected chi connectivity index (χ2v) is 12.8. The summed E-state index contributed by atoms with van der Waals surface area (Å²) >= 11 is 5.47. The van der Waals surface area contributed by atoms with Crippen molar-refractivity contribution in [2.75, 3.05) is 31.7 Å². The van der Waals surface area contributed by atoms with Crippen molar-refractivity contribution in [3.8, 4) is 11.5 Å². The molecule has 0 radical (unpaired) electrons. The van der Waals surface area contributed by atoms with Crippen LogP contribution in [0.4, 0.5) is 5.69 Å². The molecule has 1 aliphatic heterocycles. The summed E-state index contributed by atoms with van der Waals surface area (Å²) in [5, 5.41) is 26.8. The molecule has 1 aliphatic carbocycles. The van der Waals surface area contributed by atoms with Gasteiger partial charge in [0, 0.05) is 67.6 Å². The van der Waals surface area contributed by atoms with Crippen LogP contribution in [0.25, 0.3) is 0 Å². The van der Waals surface area contributed by atoms with Gasteiger partial charge in [-0.3, -0.25) is 4.79 Å².